The van der Waals surface area contributed by atoms with Crippen LogP contribution in [0, 0.1) is 5.82 Å². The lowest BCUT2D eigenvalue weighted by Gasteiger charge is -2.05. The molecule has 0 aliphatic heterocycles. The highest BCUT2D eigenvalue weighted by Crippen LogP contribution is 2.20. The van der Waals surface area contributed by atoms with E-state index in [0.717, 1.165) is 40.8 Å². The summed E-state index contributed by atoms with van der Waals surface area (Å²) < 4.78 is 18.1. The summed E-state index contributed by atoms with van der Waals surface area (Å²) in [7, 11) is 1.66. The third-order valence-electron chi connectivity index (χ3n) is 3.54. The third kappa shape index (κ3) is 3.19. The maximum absolute atomic E-state index is 12.9. The van der Waals surface area contributed by atoms with Crippen LogP contribution in [0.1, 0.15) is 11.3 Å². The Labute approximate surface area is 123 Å². The van der Waals surface area contributed by atoms with E-state index in [9.17, 15) is 4.39 Å². The van der Waals surface area contributed by atoms with Crippen LogP contribution in [-0.4, -0.2) is 12.1 Å². The Balaban J connectivity index is 1.76. The van der Waals surface area contributed by atoms with Crippen molar-refractivity contribution in [2.75, 3.05) is 7.11 Å². The fourth-order valence-electron chi connectivity index (χ4n) is 2.34. The van der Waals surface area contributed by atoms with Crippen molar-refractivity contribution in [3.8, 4) is 5.75 Å². The quantitative estimate of drug-likeness (QED) is 0.716. The van der Waals surface area contributed by atoms with Gasteiger partial charge in [-0.2, -0.15) is 0 Å². The summed E-state index contributed by atoms with van der Waals surface area (Å²) in [6.07, 6.45) is 1.70. The number of halogens is 1. The van der Waals surface area contributed by atoms with Crippen molar-refractivity contribution < 1.29 is 9.13 Å². The molecule has 0 N–H and O–H groups in total. The third-order valence-corrected chi connectivity index (χ3v) is 3.54. The van der Waals surface area contributed by atoms with Crippen molar-refractivity contribution >= 4 is 10.9 Å². The van der Waals surface area contributed by atoms with Crippen LogP contribution in [0.5, 0.6) is 5.75 Å². The van der Waals surface area contributed by atoms with Crippen LogP contribution >= 0.6 is 0 Å². The normalized spacial score (nSPS) is 10.8. The summed E-state index contributed by atoms with van der Waals surface area (Å²) in [6, 6.07) is 16.6. The van der Waals surface area contributed by atoms with Crippen molar-refractivity contribution in [3.05, 3.63) is 71.7 Å². The van der Waals surface area contributed by atoms with E-state index in [2.05, 4.69) is 11.1 Å². The molecule has 21 heavy (non-hydrogen) atoms. The molecule has 0 atom stereocenters. The summed E-state index contributed by atoms with van der Waals surface area (Å²) in [6.45, 7) is 0. The second-order valence-corrected chi connectivity index (χ2v) is 4.99. The first-order valence-corrected chi connectivity index (χ1v) is 6.93. The number of pyridine rings is 1. The molecule has 0 saturated carbocycles. The van der Waals surface area contributed by atoms with Gasteiger partial charge < -0.3 is 4.74 Å². The molecule has 3 aromatic rings. The molecule has 0 unspecified atom stereocenters. The summed E-state index contributed by atoms with van der Waals surface area (Å²) in [5.41, 5.74) is 3.12. The molecular formula is C18H16FNO. The maximum Gasteiger partial charge on any atom is 0.123 e. The molecule has 0 radical (unpaired) electrons. The average Bonchev–Trinajstić information content (AvgIpc) is 2.53. The van der Waals surface area contributed by atoms with E-state index >= 15 is 0 Å². The van der Waals surface area contributed by atoms with Crippen LogP contribution in [0.3, 0.4) is 0 Å². The topological polar surface area (TPSA) is 22.1 Å². The van der Waals surface area contributed by atoms with Crippen LogP contribution in [0.25, 0.3) is 10.9 Å². The zero-order valence-electron chi connectivity index (χ0n) is 11.8. The van der Waals surface area contributed by atoms with Gasteiger partial charge in [-0.15, -0.1) is 0 Å². The zero-order valence-corrected chi connectivity index (χ0v) is 11.8. The van der Waals surface area contributed by atoms with Crippen LogP contribution in [-0.2, 0) is 12.8 Å². The van der Waals surface area contributed by atoms with Gasteiger partial charge in [0.2, 0.25) is 0 Å². The Morgan fingerprint density at radius 1 is 0.952 bits per heavy atom. The highest BCUT2D eigenvalue weighted by atomic mass is 19.1. The van der Waals surface area contributed by atoms with E-state index in [1.807, 2.05) is 36.4 Å². The fraction of sp³-hybridized carbons (Fsp3) is 0.167. The molecule has 1 aromatic heterocycles. The number of aromatic nitrogens is 1. The van der Waals surface area contributed by atoms with Crippen molar-refractivity contribution in [1.29, 1.82) is 0 Å². The first-order valence-electron chi connectivity index (χ1n) is 6.93. The Bertz CT molecular complexity index is 753. The van der Waals surface area contributed by atoms with Gasteiger partial charge in [0.1, 0.15) is 11.6 Å². The number of ether oxygens (including phenoxy) is 1. The molecule has 3 heteroatoms. The Hall–Kier alpha value is -2.42. The van der Waals surface area contributed by atoms with E-state index in [0.29, 0.717) is 0 Å². The molecule has 2 nitrogen and oxygen atoms in total. The van der Waals surface area contributed by atoms with Gasteiger partial charge in [-0.3, -0.25) is 4.98 Å². The van der Waals surface area contributed by atoms with E-state index in [1.165, 1.54) is 12.1 Å². The number of methoxy groups -OCH3 is 1. The van der Waals surface area contributed by atoms with E-state index in [-0.39, 0.29) is 5.82 Å². The number of hydrogen-bond acceptors (Lipinski definition) is 2. The zero-order chi connectivity index (χ0) is 14.7. The van der Waals surface area contributed by atoms with Crippen molar-refractivity contribution in [3.63, 3.8) is 0 Å². The van der Waals surface area contributed by atoms with Crippen LogP contribution in [0.15, 0.2) is 54.6 Å². The summed E-state index contributed by atoms with van der Waals surface area (Å²) in [4.78, 5) is 4.65. The number of rotatable bonds is 4. The van der Waals surface area contributed by atoms with Gasteiger partial charge >= 0.3 is 0 Å². The second-order valence-electron chi connectivity index (χ2n) is 4.99. The molecule has 2 aromatic carbocycles. The lowest BCUT2D eigenvalue weighted by molar-refractivity contribution is 0.415. The molecular weight excluding hydrogens is 265 g/mol. The van der Waals surface area contributed by atoms with Crippen molar-refractivity contribution in [2.45, 2.75) is 12.8 Å². The minimum absolute atomic E-state index is 0.198. The summed E-state index contributed by atoms with van der Waals surface area (Å²) in [5, 5.41) is 1.07. The SMILES string of the molecule is COc1ccc2nc(CCc3ccc(F)cc3)ccc2c1. The average molecular weight is 281 g/mol. The fourth-order valence-corrected chi connectivity index (χ4v) is 2.34. The summed E-state index contributed by atoms with van der Waals surface area (Å²) in [5.74, 6) is 0.639. The molecule has 0 aliphatic rings. The van der Waals surface area contributed by atoms with Crippen LogP contribution < -0.4 is 4.74 Å². The standard InChI is InChI=1S/C18H16FNO/c1-21-17-10-11-18-14(12-17)5-9-16(20-18)8-4-13-2-6-15(19)7-3-13/h2-3,5-7,9-12H,4,8H2,1H3. The predicted octanol–water partition coefficient (Wildman–Crippen LogP) is 4.17. The molecule has 106 valence electrons. The van der Waals surface area contributed by atoms with Gasteiger partial charge in [-0.1, -0.05) is 18.2 Å². The number of nitrogens with zero attached hydrogens (tertiary/aromatic N) is 1. The molecule has 0 aliphatic carbocycles. The van der Waals surface area contributed by atoms with E-state index < -0.39 is 0 Å². The Morgan fingerprint density at radius 2 is 1.76 bits per heavy atom. The molecule has 1 heterocycles. The van der Waals surface area contributed by atoms with E-state index in [4.69, 9.17) is 4.74 Å². The maximum atomic E-state index is 12.9. The van der Waals surface area contributed by atoms with Crippen molar-refractivity contribution in [2.24, 2.45) is 0 Å². The molecule has 3 rings (SSSR count). The Morgan fingerprint density at radius 3 is 2.52 bits per heavy atom. The molecule has 0 saturated heterocycles. The predicted molar refractivity (Wildman–Crippen MR) is 82.1 cm³/mol. The lowest BCUT2D eigenvalue weighted by Crippen LogP contribution is -1.95. The van der Waals surface area contributed by atoms with E-state index in [1.54, 1.807) is 7.11 Å². The molecule has 0 bridgehead atoms. The van der Waals surface area contributed by atoms with Gasteiger partial charge in [0.25, 0.3) is 0 Å². The number of fused-ring (bicyclic) bond motifs is 1. The first-order chi connectivity index (χ1) is 10.2. The summed E-state index contributed by atoms with van der Waals surface area (Å²) >= 11 is 0. The van der Waals surface area contributed by atoms with Gasteiger partial charge in [-0.25, -0.2) is 4.39 Å². The lowest BCUT2D eigenvalue weighted by atomic mass is 10.1. The number of aryl methyl sites for hydroxylation is 2. The second kappa shape index (κ2) is 5.92. The smallest absolute Gasteiger partial charge is 0.123 e. The number of hydrogen-bond donors (Lipinski definition) is 0. The Kier molecular flexibility index (Phi) is 3.82. The highest BCUT2D eigenvalue weighted by molar-refractivity contribution is 5.80. The molecule has 0 fully saturated rings. The van der Waals surface area contributed by atoms with Crippen molar-refractivity contribution in [1.82, 2.24) is 4.98 Å². The van der Waals surface area contributed by atoms with Gasteiger partial charge in [-0.05, 0) is 54.8 Å². The van der Waals surface area contributed by atoms with Gasteiger partial charge in [0, 0.05) is 11.1 Å². The monoisotopic (exact) mass is 281 g/mol. The molecule has 0 amide bonds. The molecule has 0 spiro atoms. The van der Waals surface area contributed by atoms with Crippen LogP contribution in [0.4, 0.5) is 4.39 Å². The van der Waals surface area contributed by atoms with Crippen LogP contribution in [0.2, 0.25) is 0 Å². The largest absolute Gasteiger partial charge is 0.497 e. The van der Waals surface area contributed by atoms with Gasteiger partial charge in [0.15, 0.2) is 0 Å². The minimum Gasteiger partial charge on any atom is -0.497 e. The van der Waals surface area contributed by atoms with Gasteiger partial charge in [0.05, 0.1) is 12.6 Å². The number of benzene rings is 2. The first kappa shape index (κ1) is 13.6. The highest BCUT2D eigenvalue weighted by Gasteiger charge is 2.02. The minimum atomic E-state index is -0.198.